The minimum absolute atomic E-state index is 0.0937. The first-order valence-electron chi connectivity index (χ1n) is 7.08. The standard InChI is InChI=1S/C17H10Br2N2O4/c1-9-4-5-10(7-14(9)21(23)24)17(22)25-16-13(19)8-12(18)11-3-2-6-20-15(11)16/h2-8H,1H3. The molecule has 0 N–H and O–H groups in total. The van der Waals surface area contributed by atoms with Crippen molar-refractivity contribution in [2.24, 2.45) is 0 Å². The SMILES string of the molecule is Cc1ccc(C(=O)Oc2c(Br)cc(Br)c3cccnc23)cc1[N+](=O)[O-]. The summed E-state index contributed by atoms with van der Waals surface area (Å²) >= 11 is 6.80. The van der Waals surface area contributed by atoms with Gasteiger partial charge in [0.05, 0.1) is 15.0 Å². The Labute approximate surface area is 159 Å². The number of carbonyl (C=O) groups excluding carboxylic acids is 1. The van der Waals surface area contributed by atoms with Crippen LogP contribution in [0.4, 0.5) is 5.69 Å². The molecule has 0 atom stereocenters. The number of nitrogens with zero attached hydrogens (tertiary/aromatic N) is 2. The predicted molar refractivity (Wildman–Crippen MR) is 99.9 cm³/mol. The first-order valence-corrected chi connectivity index (χ1v) is 8.67. The van der Waals surface area contributed by atoms with Crippen molar-refractivity contribution in [1.29, 1.82) is 0 Å². The molecule has 3 rings (SSSR count). The predicted octanol–water partition coefficient (Wildman–Crippen LogP) is 5.20. The van der Waals surface area contributed by atoms with E-state index in [0.29, 0.717) is 15.6 Å². The fourth-order valence-corrected chi connectivity index (χ4v) is 3.68. The van der Waals surface area contributed by atoms with Gasteiger partial charge in [0.1, 0.15) is 5.52 Å². The molecule has 0 aliphatic rings. The molecule has 8 heteroatoms. The van der Waals surface area contributed by atoms with E-state index in [9.17, 15) is 14.9 Å². The molecule has 0 unspecified atom stereocenters. The highest BCUT2D eigenvalue weighted by Crippen LogP contribution is 2.37. The van der Waals surface area contributed by atoms with Gasteiger partial charge in [0.2, 0.25) is 0 Å². The number of aryl methyl sites for hydroxylation is 1. The summed E-state index contributed by atoms with van der Waals surface area (Å²) in [4.78, 5) is 27.3. The Morgan fingerprint density at radius 1 is 1.20 bits per heavy atom. The van der Waals surface area contributed by atoms with Crippen LogP contribution in [0.1, 0.15) is 15.9 Å². The van der Waals surface area contributed by atoms with Gasteiger partial charge in [-0.15, -0.1) is 0 Å². The van der Waals surface area contributed by atoms with Crippen LogP contribution in [-0.2, 0) is 0 Å². The topological polar surface area (TPSA) is 82.3 Å². The summed E-state index contributed by atoms with van der Waals surface area (Å²) in [6, 6.07) is 9.59. The second-order valence-electron chi connectivity index (χ2n) is 5.22. The van der Waals surface area contributed by atoms with Crippen LogP contribution in [0.2, 0.25) is 0 Å². The van der Waals surface area contributed by atoms with E-state index in [4.69, 9.17) is 4.74 Å². The van der Waals surface area contributed by atoms with Crippen LogP contribution in [-0.4, -0.2) is 15.9 Å². The third-order valence-electron chi connectivity index (χ3n) is 3.59. The molecule has 25 heavy (non-hydrogen) atoms. The average molecular weight is 466 g/mol. The van der Waals surface area contributed by atoms with Crippen LogP contribution in [0.15, 0.2) is 51.5 Å². The van der Waals surface area contributed by atoms with Gasteiger partial charge >= 0.3 is 5.97 Å². The summed E-state index contributed by atoms with van der Waals surface area (Å²) in [6.07, 6.45) is 1.59. The molecule has 0 aliphatic heterocycles. The number of hydrogen-bond acceptors (Lipinski definition) is 5. The molecular formula is C17H10Br2N2O4. The lowest BCUT2D eigenvalue weighted by atomic mass is 10.1. The minimum atomic E-state index is -0.696. The Kier molecular flexibility index (Phi) is 4.82. The highest BCUT2D eigenvalue weighted by Gasteiger charge is 2.19. The van der Waals surface area contributed by atoms with E-state index in [1.54, 1.807) is 25.3 Å². The van der Waals surface area contributed by atoms with Gasteiger partial charge in [-0.3, -0.25) is 15.1 Å². The Morgan fingerprint density at radius 3 is 2.68 bits per heavy atom. The molecule has 1 heterocycles. The first-order chi connectivity index (χ1) is 11.9. The van der Waals surface area contributed by atoms with Gasteiger partial charge in [-0.1, -0.05) is 28.1 Å². The Morgan fingerprint density at radius 2 is 1.96 bits per heavy atom. The Balaban J connectivity index is 2.04. The molecule has 126 valence electrons. The smallest absolute Gasteiger partial charge is 0.343 e. The van der Waals surface area contributed by atoms with Crippen LogP contribution in [0.5, 0.6) is 5.75 Å². The van der Waals surface area contributed by atoms with Crippen molar-refractivity contribution < 1.29 is 14.5 Å². The van der Waals surface area contributed by atoms with E-state index in [0.717, 1.165) is 9.86 Å². The number of ether oxygens (including phenoxy) is 1. The molecule has 0 amide bonds. The number of nitro benzene ring substituents is 1. The van der Waals surface area contributed by atoms with Crippen LogP contribution in [0, 0.1) is 17.0 Å². The highest BCUT2D eigenvalue weighted by atomic mass is 79.9. The number of benzene rings is 2. The third-order valence-corrected chi connectivity index (χ3v) is 4.83. The van der Waals surface area contributed by atoms with Crippen molar-refractivity contribution in [3.05, 3.63) is 72.8 Å². The summed E-state index contributed by atoms with van der Waals surface area (Å²) in [6.45, 7) is 1.61. The number of pyridine rings is 1. The van der Waals surface area contributed by atoms with Gasteiger partial charge in [-0.2, -0.15) is 0 Å². The van der Waals surface area contributed by atoms with Crippen molar-refractivity contribution in [3.63, 3.8) is 0 Å². The molecule has 0 aliphatic carbocycles. The van der Waals surface area contributed by atoms with E-state index in [1.165, 1.54) is 18.2 Å². The fourth-order valence-electron chi connectivity index (χ4n) is 2.33. The fraction of sp³-hybridized carbons (Fsp3) is 0.0588. The largest absolute Gasteiger partial charge is 0.419 e. The number of carbonyl (C=O) groups is 1. The second kappa shape index (κ2) is 6.89. The molecule has 0 saturated heterocycles. The number of fused-ring (bicyclic) bond motifs is 1. The van der Waals surface area contributed by atoms with Crippen LogP contribution >= 0.6 is 31.9 Å². The van der Waals surface area contributed by atoms with E-state index >= 15 is 0 Å². The maximum Gasteiger partial charge on any atom is 0.343 e. The monoisotopic (exact) mass is 464 g/mol. The van der Waals surface area contributed by atoms with E-state index in [-0.39, 0.29) is 17.0 Å². The van der Waals surface area contributed by atoms with Crippen molar-refractivity contribution in [1.82, 2.24) is 4.98 Å². The number of hydrogen-bond donors (Lipinski definition) is 0. The van der Waals surface area contributed by atoms with Crippen LogP contribution in [0.3, 0.4) is 0 Å². The number of rotatable bonds is 3. The lowest BCUT2D eigenvalue weighted by molar-refractivity contribution is -0.385. The minimum Gasteiger partial charge on any atom is -0.419 e. The summed E-state index contributed by atoms with van der Waals surface area (Å²) in [5.74, 6) is -0.440. The van der Waals surface area contributed by atoms with Gasteiger partial charge < -0.3 is 4.74 Å². The summed E-state index contributed by atoms with van der Waals surface area (Å²) in [5.41, 5.74) is 0.931. The molecule has 6 nitrogen and oxygen atoms in total. The van der Waals surface area contributed by atoms with E-state index < -0.39 is 10.9 Å². The first kappa shape index (κ1) is 17.5. The normalized spacial score (nSPS) is 10.7. The molecule has 2 aromatic carbocycles. The molecule has 1 aromatic heterocycles. The molecule has 0 saturated carbocycles. The van der Waals surface area contributed by atoms with Crippen molar-refractivity contribution in [3.8, 4) is 5.75 Å². The zero-order valence-corrected chi connectivity index (χ0v) is 16.0. The van der Waals surface area contributed by atoms with Gasteiger partial charge in [0, 0.05) is 27.7 Å². The lowest BCUT2D eigenvalue weighted by Gasteiger charge is -2.11. The van der Waals surface area contributed by atoms with Crippen molar-refractivity contribution in [2.45, 2.75) is 6.92 Å². The van der Waals surface area contributed by atoms with E-state index in [2.05, 4.69) is 36.8 Å². The Bertz CT molecular complexity index is 1020. The molecule has 3 aromatic rings. The van der Waals surface area contributed by atoms with E-state index in [1.807, 2.05) is 6.07 Å². The number of nitro groups is 1. The quantitative estimate of drug-likeness (QED) is 0.230. The zero-order valence-electron chi connectivity index (χ0n) is 12.8. The Hall–Kier alpha value is -2.32. The van der Waals surface area contributed by atoms with Gasteiger partial charge in [-0.25, -0.2) is 4.79 Å². The average Bonchev–Trinajstić information content (AvgIpc) is 2.58. The van der Waals surface area contributed by atoms with Crippen molar-refractivity contribution in [2.75, 3.05) is 0 Å². The maximum atomic E-state index is 12.5. The second-order valence-corrected chi connectivity index (χ2v) is 6.93. The molecule has 0 radical (unpaired) electrons. The molecule has 0 bridgehead atoms. The number of aromatic nitrogens is 1. The van der Waals surface area contributed by atoms with Crippen LogP contribution in [0.25, 0.3) is 10.9 Å². The molecule has 0 fully saturated rings. The number of halogens is 2. The summed E-state index contributed by atoms with van der Waals surface area (Å²) < 4.78 is 6.82. The van der Waals surface area contributed by atoms with Gasteiger partial charge in [-0.05, 0) is 41.1 Å². The van der Waals surface area contributed by atoms with Gasteiger partial charge in [0.15, 0.2) is 5.75 Å². The summed E-state index contributed by atoms with van der Waals surface area (Å²) in [7, 11) is 0. The van der Waals surface area contributed by atoms with Crippen molar-refractivity contribution >= 4 is 54.4 Å². The number of esters is 1. The highest BCUT2D eigenvalue weighted by molar-refractivity contribution is 9.11. The van der Waals surface area contributed by atoms with Gasteiger partial charge in [0.25, 0.3) is 5.69 Å². The zero-order chi connectivity index (χ0) is 18.1. The molecular weight excluding hydrogens is 456 g/mol. The molecule has 0 spiro atoms. The lowest BCUT2D eigenvalue weighted by Crippen LogP contribution is -2.10. The third kappa shape index (κ3) is 3.40. The maximum absolute atomic E-state index is 12.5. The summed E-state index contributed by atoms with van der Waals surface area (Å²) in [5, 5.41) is 11.8. The van der Waals surface area contributed by atoms with Crippen LogP contribution < -0.4 is 4.74 Å².